The summed E-state index contributed by atoms with van der Waals surface area (Å²) in [6.07, 6.45) is 40.4. The highest BCUT2D eigenvalue weighted by Crippen LogP contribution is 2.16. The van der Waals surface area contributed by atoms with Crippen molar-refractivity contribution in [1.82, 2.24) is 0 Å². The van der Waals surface area contributed by atoms with Crippen molar-refractivity contribution in [3.8, 4) is 11.5 Å². The van der Waals surface area contributed by atoms with Crippen LogP contribution in [0.1, 0.15) is 219 Å². The molecule has 0 saturated heterocycles. The summed E-state index contributed by atoms with van der Waals surface area (Å²) < 4.78 is 0. The van der Waals surface area contributed by atoms with Crippen molar-refractivity contribution in [3.63, 3.8) is 0 Å². The minimum Gasteiger partial charge on any atom is -0.508 e. The second-order valence-electron chi connectivity index (χ2n) is 13.7. The van der Waals surface area contributed by atoms with Gasteiger partial charge in [0.25, 0.3) is 0 Å². The van der Waals surface area contributed by atoms with Gasteiger partial charge in [0.1, 0.15) is 11.5 Å². The molecule has 1 aromatic rings. The van der Waals surface area contributed by atoms with Gasteiger partial charge in [-0.25, -0.2) is 0 Å². The molecule has 0 heterocycles. The number of unbranched alkanes of at least 4 members (excludes halogenated alkanes) is 28. The Morgan fingerprint density at radius 2 is 0.604 bits per heavy atom. The zero-order chi connectivity index (χ0) is 35.8. The molecular weight excluding hydrogens is 600 g/mol. The topological polar surface area (TPSA) is 115 Å². The van der Waals surface area contributed by atoms with Crippen LogP contribution in [0.4, 0.5) is 0 Å². The van der Waals surface area contributed by atoms with Gasteiger partial charge in [0, 0.05) is 18.9 Å². The maximum Gasteiger partial charge on any atom is 0.303 e. The highest BCUT2D eigenvalue weighted by molar-refractivity contribution is 5.66. The third kappa shape index (κ3) is 45.9. The highest BCUT2D eigenvalue weighted by atomic mass is 16.4. The zero-order valence-corrected chi connectivity index (χ0v) is 31.5. The van der Waals surface area contributed by atoms with E-state index in [0.29, 0.717) is 12.8 Å². The quantitative estimate of drug-likeness (QED) is 0.0564. The molecule has 0 radical (unpaired) electrons. The average Bonchev–Trinajstić information content (AvgIpc) is 3.05. The van der Waals surface area contributed by atoms with Crippen LogP contribution in [0.25, 0.3) is 0 Å². The third-order valence-corrected chi connectivity index (χ3v) is 8.82. The van der Waals surface area contributed by atoms with Crippen LogP contribution >= 0.6 is 0 Å². The second-order valence-corrected chi connectivity index (χ2v) is 13.7. The Kier molecular flexibility index (Phi) is 40.8. The van der Waals surface area contributed by atoms with E-state index in [1.54, 1.807) is 6.07 Å². The minimum atomic E-state index is -0.653. The SMILES string of the molecule is CCCCCCCCCCCCCCCCCC(=O)O.CCCCCCCCCCCCCCCCCC(=O)O.Oc1cccc(O)c1. The lowest BCUT2D eigenvalue weighted by atomic mass is 10.0. The average molecular weight is 679 g/mol. The number of hydrogen-bond donors (Lipinski definition) is 4. The first-order chi connectivity index (χ1) is 23.3. The van der Waals surface area contributed by atoms with Crippen LogP contribution in [0, 0.1) is 0 Å². The Labute approximate surface area is 296 Å². The summed E-state index contributed by atoms with van der Waals surface area (Å²) in [5.74, 6) is -1.13. The lowest BCUT2D eigenvalue weighted by Gasteiger charge is -2.03. The van der Waals surface area contributed by atoms with Crippen LogP contribution in [-0.4, -0.2) is 32.4 Å². The Balaban J connectivity index is 0. The zero-order valence-electron chi connectivity index (χ0n) is 31.5. The van der Waals surface area contributed by atoms with E-state index in [1.165, 1.54) is 185 Å². The summed E-state index contributed by atoms with van der Waals surface area (Å²) in [5, 5.41) is 34.3. The molecule has 0 unspecified atom stereocenters. The number of carboxylic acids is 2. The van der Waals surface area contributed by atoms with Crippen LogP contribution < -0.4 is 0 Å². The second kappa shape index (κ2) is 40.9. The predicted octanol–water partition coefficient (Wildman–Crippen LogP) is 13.8. The van der Waals surface area contributed by atoms with Gasteiger partial charge in [-0.2, -0.15) is 0 Å². The van der Waals surface area contributed by atoms with Gasteiger partial charge < -0.3 is 20.4 Å². The van der Waals surface area contributed by atoms with Crippen molar-refractivity contribution >= 4 is 11.9 Å². The number of phenolic OH excluding ortho intramolecular Hbond substituents is 2. The smallest absolute Gasteiger partial charge is 0.303 e. The minimum absolute atomic E-state index is 0.0880. The van der Waals surface area contributed by atoms with E-state index in [1.807, 2.05) is 0 Å². The normalized spacial score (nSPS) is 10.5. The molecule has 4 N–H and O–H groups in total. The van der Waals surface area contributed by atoms with Crippen molar-refractivity contribution in [2.45, 2.75) is 219 Å². The van der Waals surface area contributed by atoms with E-state index in [4.69, 9.17) is 20.4 Å². The molecule has 0 aliphatic rings. The first-order valence-electron chi connectivity index (χ1n) is 20.2. The van der Waals surface area contributed by atoms with E-state index in [9.17, 15) is 9.59 Å². The molecule has 6 nitrogen and oxygen atoms in total. The molecule has 0 fully saturated rings. The predicted molar refractivity (Wildman–Crippen MR) is 204 cm³/mol. The van der Waals surface area contributed by atoms with Gasteiger partial charge in [-0.1, -0.05) is 200 Å². The molecule has 1 rings (SSSR count). The van der Waals surface area contributed by atoms with Gasteiger partial charge in [0.15, 0.2) is 0 Å². The lowest BCUT2D eigenvalue weighted by molar-refractivity contribution is -0.138. The number of aromatic hydroxyl groups is 2. The van der Waals surface area contributed by atoms with Gasteiger partial charge in [0.2, 0.25) is 0 Å². The van der Waals surface area contributed by atoms with Crippen LogP contribution in [0.15, 0.2) is 24.3 Å². The number of carbonyl (C=O) groups is 2. The van der Waals surface area contributed by atoms with Crippen molar-refractivity contribution < 1.29 is 30.0 Å². The molecular formula is C42H78O6. The van der Waals surface area contributed by atoms with Crippen LogP contribution in [0.3, 0.4) is 0 Å². The maximum absolute atomic E-state index is 10.3. The fourth-order valence-corrected chi connectivity index (χ4v) is 5.79. The molecule has 0 atom stereocenters. The molecule has 0 amide bonds. The van der Waals surface area contributed by atoms with Gasteiger partial charge in [0.05, 0.1) is 0 Å². The van der Waals surface area contributed by atoms with E-state index >= 15 is 0 Å². The van der Waals surface area contributed by atoms with Crippen LogP contribution in [-0.2, 0) is 9.59 Å². The highest BCUT2D eigenvalue weighted by Gasteiger charge is 1.98. The molecule has 0 aliphatic heterocycles. The van der Waals surface area contributed by atoms with Crippen molar-refractivity contribution in [1.29, 1.82) is 0 Å². The Bertz CT molecular complexity index is 735. The molecule has 282 valence electrons. The number of phenols is 2. The molecule has 0 aliphatic carbocycles. The fraction of sp³-hybridized carbons (Fsp3) is 0.810. The van der Waals surface area contributed by atoms with E-state index in [2.05, 4.69) is 13.8 Å². The number of benzene rings is 1. The molecule has 0 aromatic heterocycles. The summed E-state index contributed by atoms with van der Waals surface area (Å²) >= 11 is 0. The number of carboxylic acid groups (broad SMARTS) is 2. The van der Waals surface area contributed by atoms with Gasteiger partial charge >= 0.3 is 11.9 Å². The summed E-state index contributed by atoms with van der Waals surface area (Å²) in [4.78, 5) is 20.7. The Morgan fingerprint density at radius 1 is 0.396 bits per heavy atom. The summed E-state index contributed by atoms with van der Waals surface area (Å²) in [6.45, 7) is 4.54. The lowest BCUT2D eigenvalue weighted by Crippen LogP contribution is -1.93. The van der Waals surface area contributed by atoms with Gasteiger partial charge in [-0.3, -0.25) is 9.59 Å². The first-order valence-corrected chi connectivity index (χ1v) is 20.2. The summed E-state index contributed by atoms with van der Waals surface area (Å²) in [7, 11) is 0. The standard InChI is InChI=1S/2C18H36O2.C6H6O2/c2*1-2-3-4-5-6-7-8-9-10-11-12-13-14-15-16-17-18(19)20;7-5-2-1-3-6(8)4-5/h2*2-17H2,1H3,(H,19,20);1-4,7-8H. The first kappa shape index (κ1) is 47.9. The van der Waals surface area contributed by atoms with Gasteiger partial charge in [-0.05, 0) is 25.0 Å². The summed E-state index contributed by atoms with van der Waals surface area (Å²) in [5.41, 5.74) is 0. The number of aliphatic carboxylic acids is 2. The molecule has 1 aromatic carbocycles. The van der Waals surface area contributed by atoms with Gasteiger partial charge in [-0.15, -0.1) is 0 Å². The Hall–Kier alpha value is -2.24. The molecule has 6 heteroatoms. The molecule has 0 bridgehead atoms. The van der Waals surface area contributed by atoms with E-state index in [0.717, 1.165) is 25.7 Å². The number of hydrogen-bond acceptors (Lipinski definition) is 4. The monoisotopic (exact) mass is 679 g/mol. The van der Waals surface area contributed by atoms with E-state index in [-0.39, 0.29) is 11.5 Å². The van der Waals surface area contributed by atoms with Crippen LogP contribution in [0.2, 0.25) is 0 Å². The summed E-state index contributed by atoms with van der Waals surface area (Å²) in [6, 6.07) is 5.85. The van der Waals surface area contributed by atoms with Crippen molar-refractivity contribution in [3.05, 3.63) is 24.3 Å². The fourth-order valence-electron chi connectivity index (χ4n) is 5.79. The third-order valence-electron chi connectivity index (χ3n) is 8.82. The van der Waals surface area contributed by atoms with E-state index < -0.39 is 11.9 Å². The maximum atomic E-state index is 10.3. The molecule has 0 spiro atoms. The molecule has 0 saturated carbocycles. The van der Waals surface area contributed by atoms with Crippen LogP contribution in [0.5, 0.6) is 11.5 Å². The van der Waals surface area contributed by atoms with Crippen molar-refractivity contribution in [2.24, 2.45) is 0 Å². The largest absolute Gasteiger partial charge is 0.508 e. The molecule has 48 heavy (non-hydrogen) atoms. The Morgan fingerprint density at radius 3 is 0.771 bits per heavy atom. The number of rotatable bonds is 32. The van der Waals surface area contributed by atoms with Crippen molar-refractivity contribution in [2.75, 3.05) is 0 Å².